The molecule has 0 saturated carbocycles. The second-order valence-electron chi connectivity index (χ2n) is 4.68. The molecule has 1 heterocycles. The second kappa shape index (κ2) is 5.00. The standard InChI is InChI=1S/C16H12O6/c1-21-16-11(18)6-12-13(15(16)20)14(19)10(7-22-12)8-3-2-4-9(17)5-8/h2-7,17-18,20H,1H3. The maximum atomic E-state index is 12.6. The van der Waals surface area contributed by atoms with Crippen LogP contribution < -0.4 is 10.2 Å². The van der Waals surface area contributed by atoms with Gasteiger partial charge in [0.2, 0.25) is 11.2 Å². The lowest BCUT2D eigenvalue weighted by molar-refractivity contribution is 0.346. The fourth-order valence-corrected chi connectivity index (χ4v) is 2.31. The van der Waals surface area contributed by atoms with Crippen LogP contribution in [-0.4, -0.2) is 22.4 Å². The molecule has 0 aliphatic carbocycles. The predicted molar refractivity (Wildman–Crippen MR) is 79.5 cm³/mol. The van der Waals surface area contributed by atoms with Gasteiger partial charge in [-0.05, 0) is 17.7 Å². The van der Waals surface area contributed by atoms with Gasteiger partial charge in [0.25, 0.3) is 0 Å². The van der Waals surface area contributed by atoms with E-state index in [1.165, 1.54) is 31.6 Å². The van der Waals surface area contributed by atoms with Crippen molar-refractivity contribution in [2.45, 2.75) is 0 Å². The Morgan fingerprint density at radius 2 is 1.91 bits per heavy atom. The van der Waals surface area contributed by atoms with E-state index in [9.17, 15) is 20.1 Å². The summed E-state index contributed by atoms with van der Waals surface area (Å²) in [5, 5.41) is 29.3. The lowest BCUT2D eigenvalue weighted by Crippen LogP contribution is -2.05. The topological polar surface area (TPSA) is 100 Å². The number of hydrogen-bond donors (Lipinski definition) is 3. The van der Waals surface area contributed by atoms with Crippen LogP contribution in [-0.2, 0) is 0 Å². The molecular formula is C16H12O6. The quantitative estimate of drug-likeness (QED) is 0.672. The molecular weight excluding hydrogens is 288 g/mol. The van der Waals surface area contributed by atoms with Gasteiger partial charge in [0.1, 0.15) is 23.0 Å². The maximum absolute atomic E-state index is 12.6. The minimum Gasteiger partial charge on any atom is -0.508 e. The van der Waals surface area contributed by atoms with Crippen LogP contribution in [0, 0.1) is 0 Å². The average molecular weight is 300 g/mol. The fourth-order valence-electron chi connectivity index (χ4n) is 2.31. The largest absolute Gasteiger partial charge is 0.508 e. The Bertz CT molecular complexity index is 926. The molecule has 1 aromatic heterocycles. The third-order valence-electron chi connectivity index (χ3n) is 3.34. The van der Waals surface area contributed by atoms with E-state index in [1.807, 2.05) is 0 Å². The van der Waals surface area contributed by atoms with E-state index < -0.39 is 11.2 Å². The first kappa shape index (κ1) is 13.8. The highest BCUT2D eigenvalue weighted by Crippen LogP contribution is 2.41. The summed E-state index contributed by atoms with van der Waals surface area (Å²) in [7, 11) is 1.27. The number of aromatic hydroxyl groups is 3. The number of phenols is 3. The molecule has 0 radical (unpaired) electrons. The Balaban J connectivity index is 2.37. The van der Waals surface area contributed by atoms with Crippen LogP contribution in [0.25, 0.3) is 22.1 Å². The van der Waals surface area contributed by atoms with Gasteiger partial charge in [-0.2, -0.15) is 0 Å². The monoisotopic (exact) mass is 300 g/mol. The highest BCUT2D eigenvalue weighted by Gasteiger charge is 2.19. The molecule has 0 unspecified atom stereocenters. The zero-order chi connectivity index (χ0) is 15.9. The first-order chi connectivity index (χ1) is 10.5. The van der Waals surface area contributed by atoms with Gasteiger partial charge < -0.3 is 24.5 Å². The van der Waals surface area contributed by atoms with E-state index in [2.05, 4.69) is 0 Å². The Labute approximate surface area is 124 Å². The van der Waals surface area contributed by atoms with Gasteiger partial charge in [0, 0.05) is 6.07 Å². The van der Waals surface area contributed by atoms with Gasteiger partial charge in [-0.25, -0.2) is 0 Å². The molecule has 3 aromatic rings. The number of methoxy groups -OCH3 is 1. The number of rotatable bonds is 2. The molecule has 0 bridgehead atoms. The van der Waals surface area contributed by atoms with Gasteiger partial charge in [-0.3, -0.25) is 4.79 Å². The molecule has 0 aliphatic rings. The Morgan fingerprint density at radius 1 is 1.14 bits per heavy atom. The zero-order valence-electron chi connectivity index (χ0n) is 11.5. The van der Waals surface area contributed by atoms with Gasteiger partial charge in [-0.15, -0.1) is 0 Å². The van der Waals surface area contributed by atoms with Gasteiger partial charge >= 0.3 is 0 Å². The van der Waals surface area contributed by atoms with Crippen molar-refractivity contribution in [1.29, 1.82) is 0 Å². The Morgan fingerprint density at radius 3 is 2.59 bits per heavy atom. The van der Waals surface area contributed by atoms with E-state index in [0.29, 0.717) is 5.56 Å². The molecule has 3 rings (SSSR count). The highest BCUT2D eigenvalue weighted by molar-refractivity contribution is 5.91. The van der Waals surface area contributed by atoms with Crippen molar-refractivity contribution in [3.63, 3.8) is 0 Å². The molecule has 0 saturated heterocycles. The fraction of sp³-hybridized carbons (Fsp3) is 0.0625. The first-order valence-corrected chi connectivity index (χ1v) is 6.36. The first-order valence-electron chi connectivity index (χ1n) is 6.36. The van der Waals surface area contributed by atoms with Crippen LogP contribution in [0.1, 0.15) is 0 Å². The molecule has 6 heteroatoms. The molecule has 0 fully saturated rings. The number of hydrogen-bond acceptors (Lipinski definition) is 6. The smallest absolute Gasteiger partial charge is 0.204 e. The predicted octanol–water partition coefficient (Wildman–Crippen LogP) is 2.59. The molecule has 112 valence electrons. The number of fused-ring (bicyclic) bond motifs is 1. The SMILES string of the molecule is COc1c(O)cc2occ(-c3cccc(O)c3)c(=O)c2c1O. The van der Waals surface area contributed by atoms with Gasteiger partial charge in [0.15, 0.2) is 11.5 Å². The Kier molecular flexibility index (Phi) is 3.14. The molecule has 0 amide bonds. The minimum atomic E-state index is -0.498. The molecule has 0 atom stereocenters. The third-order valence-corrected chi connectivity index (χ3v) is 3.34. The van der Waals surface area contributed by atoms with Crippen molar-refractivity contribution in [2.24, 2.45) is 0 Å². The number of phenolic OH excluding ortho intramolecular Hbond substituents is 3. The summed E-state index contributed by atoms with van der Waals surface area (Å²) in [6, 6.07) is 7.30. The molecule has 0 aliphatic heterocycles. The highest BCUT2D eigenvalue weighted by atomic mass is 16.5. The summed E-state index contributed by atoms with van der Waals surface area (Å²) >= 11 is 0. The Hall–Kier alpha value is -3.15. The van der Waals surface area contributed by atoms with Crippen LogP contribution in [0.2, 0.25) is 0 Å². The van der Waals surface area contributed by atoms with E-state index in [0.717, 1.165) is 0 Å². The summed E-state index contributed by atoms with van der Waals surface area (Å²) in [6.45, 7) is 0. The van der Waals surface area contributed by atoms with E-state index in [1.54, 1.807) is 12.1 Å². The third kappa shape index (κ3) is 2.01. The summed E-state index contributed by atoms with van der Waals surface area (Å²) in [5.41, 5.74) is 0.154. The molecule has 2 aromatic carbocycles. The van der Waals surface area contributed by atoms with Crippen LogP contribution in [0.15, 0.2) is 45.8 Å². The maximum Gasteiger partial charge on any atom is 0.204 e. The second-order valence-corrected chi connectivity index (χ2v) is 4.68. The average Bonchev–Trinajstić information content (AvgIpc) is 2.47. The van der Waals surface area contributed by atoms with Gasteiger partial charge in [-0.1, -0.05) is 12.1 Å². The van der Waals surface area contributed by atoms with Crippen LogP contribution in [0.5, 0.6) is 23.0 Å². The number of ether oxygens (including phenoxy) is 1. The van der Waals surface area contributed by atoms with Crippen molar-refractivity contribution < 1.29 is 24.5 Å². The molecule has 3 N–H and O–H groups in total. The summed E-state index contributed by atoms with van der Waals surface area (Å²) in [6.07, 6.45) is 1.21. The lowest BCUT2D eigenvalue weighted by Gasteiger charge is -2.09. The van der Waals surface area contributed by atoms with Gasteiger partial charge in [0.05, 0.1) is 12.7 Å². The van der Waals surface area contributed by atoms with E-state index in [-0.39, 0.29) is 33.8 Å². The minimum absolute atomic E-state index is 0.00417. The molecule has 0 spiro atoms. The summed E-state index contributed by atoms with van der Waals surface area (Å²) < 4.78 is 10.2. The van der Waals surface area contributed by atoms with Crippen molar-refractivity contribution in [3.05, 3.63) is 46.8 Å². The normalized spacial score (nSPS) is 10.8. The molecule has 6 nitrogen and oxygen atoms in total. The van der Waals surface area contributed by atoms with Crippen molar-refractivity contribution in [2.75, 3.05) is 7.11 Å². The summed E-state index contributed by atoms with van der Waals surface area (Å²) in [4.78, 5) is 12.6. The van der Waals surface area contributed by atoms with Crippen molar-refractivity contribution in [3.8, 4) is 34.1 Å². The van der Waals surface area contributed by atoms with E-state index in [4.69, 9.17) is 9.15 Å². The van der Waals surface area contributed by atoms with Crippen molar-refractivity contribution >= 4 is 11.0 Å². The summed E-state index contributed by atoms with van der Waals surface area (Å²) in [5.74, 6) is -1.02. The van der Waals surface area contributed by atoms with Crippen LogP contribution in [0.4, 0.5) is 0 Å². The van der Waals surface area contributed by atoms with Crippen molar-refractivity contribution in [1.82, 2.24) is 0 Å². The lowest BCUT2D eigenvalue weighted by atomic mass is 10.0. The van der Waals surface area contributed by atoms with E-state index >= 15 is 0 Å². The molecule has 22 heavy (non-hydrogen) atoms. The van der Waals surface area contributed by atoms with Crippen LogP contribution in [0.3, 0.4) is 0 Å². The number of benzene rings is 2. The van der Waals surface area contributed by atoms with Crippen LogP contribution >= 0.6 is 0 Å². The zero-order valence-corrected chi connectivity index (χ0v) is 11.5.